The Kier molecular flexibility index (Phi) is 45.0. The van der Waals surface area contributed by atoms with Gasteiger partial charge < -0.3 is 14.2 Å². The molecule has 0 fully saturated rings. The molecule has 0 aromatic rings. The molecule has 0 amide bonds. The standard InChI is InChI=1S/C53H90O6/c1-4-7-10-13-16-19-22-24-25-26-27-29-31-34-37-40-43-46-52(55)58-49-50(48-57-51(54)45-42-39-36-33-30-21-18-15-12-9-6-3)59-53(56)47-44-41-38-35-32-28-23-20-17-14-11-8-5-2/h7,10-11,14,16,19-20,23-25,27,29,50H,4-6,8-9,12-13,15,17-18,21-22,26,28,30-49H2,1-3H3/b10-7-,14-11-,19-16-,23-20-,25-24-,29-27-. The van der Waals surface area contributed by atoms with Crippen LogP contribution in [0.5, 0.6) is 0 Å². The quantitative estimate of drug-likeness (QED) is 0.0264. The van der Waals surface area contributed by atoms with E-state index in [2.05, 4.69) is 93.7 Å². The highest BCUT2D eigenvalue weighted by atomic mass is 16.6. The molecule has 6 heteroatoms. The van der Waals surface area contributed by atoms with Crippen LogP contribution in [0.4, 0.5) is 0 Å². The topological polar surface area (TPSA) is 78.9 Å². The first-order valence-corrected chi connectivity index (χ1v) is 24.4. The number of hydrogen-bond acceptors (Lipinski definition) is 6. The fourth-order valence-electron chi connectivity index (χ4n) is 6.53. The van der Waals surface area contributed by atoms with Crippen molar-refractivity contribution < 1.29 is 28.6 Å². The van der Waals surface area contributed by atoms with Crippen LogP contribution in [0.3, 0.4) is 0 Å². The average Bonchev–Trinajstić information content (AvgIpc) is 3.23. The molecule has 0 rings (SSSR count). The zero-order valence-corrected chi connectivity index (χ0v) is 38.5. The van der Waals surface area contributed by atoms with Gasteiger partial charge in [0.2, 0.25) is 0 Å². The Morgan fingerprint density at radius 2 is 0.695 bits per heavy atom. The molecule has 1 atom stereocenters. The minimum atomic E-state index is -0.789. The van der Waals surface area contributed by atoms with Gasteiger partial charge in [0, 0.05) is 19.3 Å². The van der Waals surface area contributed by atoms with Crippen molar-refractivity contribution in [3.05, 3.63) is 72.9 Å². The van der Waals surface area contributed by atoms with Gasteiger partial charge in [-0.15, -0.1) is 0 Å². The Balaban J connectivity index is 4.43. The molecule has 0 aromatic heterocycles. The van der Waals surface area contributed by atoms with E-state index in [1.165, 1.54) is 57.8 Å². The first kappa shape index (κ1) is 55.9. The second-order valence-electron chi connectivity index (χ2n) is 16.0. The maximum atomic E-state index is 12.7. The molecule has 0 bridgehead atoms. The highest BCUT2D eigenvalue weighted by Gasteiger charge is 2.19. The summed E-state index contributed by atoms with van der Waals surface area (Å²) in [5.74, 6) is -0.929. The Morgan fingerprint density at radius 1 is 0.356 bits per heavy atom. The van der Waals surface area contributed by atoms with Gasteiger partial charge in [-0.25, -0.2) is 0 Å². The normalized spacial score (nSPS) is 12.7. The van der Waals surface area contributed by atoms with Crippen LogP contribution >= 0.6 is 0 Å². The van der Waals surface area contributed by atoms with Gasteiger partial charge in [0.25, 0.3) is 0 Å². The Hall–Kier alpha value is -3.15. The fraction of sp³-hybridized carbons (Fsp3) is 0.717. The van der Waals surface area contributed by atoms with E-state index < -0.39 is 6.10 Å². The van der Waals surface area contributed by atoms with Gasteiger partial charge in [-0.05, 0) is 83.5 Å². The molecule has 0 aliphatic heterocycles. The first-order chi connectivity index (χ1) is 29.0. The van der Waals surface area contributed by atoms with E-state index in [1.807, 2.05) is 0 Å². The second-order valence-corrected chi connectivity index (χ2v) is 16.0. The van der Waals surface area contributed by atoms with Crippen LogP contribution in [-0.2, 0) is 28.6 Å². The summed E-state index contributed by atoms with van der Waals surface area (Å²) < 4.78 is 16.7. The van der Waals surface area contributed by atoms with Crippen LogP contribution in [0.25, 0.3) is 0 Å². The van der Waals surface area contributed by atoms with Gasteiger partial charge >= 0.3 is 17.9 Å². The molecule has 59 heavy (non-hydrogen) atoms. The highest BCUT2D eigenvalue weighted by Crippen LogP contribution is 2.14. The molecule has 338 valence electrons. The van der Waals surface area contributed by atoms with Crippen LogP contribution in [0.15, 0.2) is 72.9 Å². The van der Waals surface area contributed by atoms with Crippen LogP contribution in [-0.4, -0.2) is 37.2 Å². The lowest BCUT2D eigenvalue weighted by atomic mass is 10.1. The average molecular weight is 823 g/mol. The van der Waals surface area contributed by atoms with Crippen molar-refractivity contribution in [1.82, 2.24) is 0 Å². The number of carbonyl (C=O) groups is 3. The molecule has 0 aliphatic carbocycles. The van der Waals surface area contributed by atoms with Crippen LogP contribution in [0, 0.1) is 0 Å². The lowest BCUT2D eigenvalue weighted by Crippen LogP contribution is -2.30. The molecule has 0 heterocycles. The monoisotopic (exact) mass is 823 g/mol. The number of unbranched alkanes of at least 4 members (excludes halogenated alkanes) is 20. The molecular formula is C53H90O6. The molecular weight excluding hydrogens is 733 g/mol. The van der Waals surface area contributed by atoms with Crippen LogP contribution < -0.4 is 0 Å². The van der Waals surface area contributed by atoms with E-state index in [9.17, 15) is 14.4 Å². The van der Waals surface area contributed by atoms with Gasteiger partial charge in [0.1, 0.15) is 13.2 Å². The third-order valence-electron chi connectivity index (χ3n) is 10.2. The highest BCUT2D eigenvalue weighted by molar-refractivity contribution is 5.71. The van der Waals surface area contributed by atoms with Crippen molar-refractivity contribution >= 4 is 17.9 Å². The zero-order valence-electron chi connectivity index (χ0n) is 38.5. The number of carbonyl (C=O) groups excluding carboxylic acids is 3. The maximum Gasteiger partial charge on any atom is 0.306 e. The summed E-state index contributed by atoms with van der Waals surface area (Å²) in [6.45, 7) is 6.41. The number of hydrogen-bond donors (Lipinski definition) is 0. The van der Waals surface area contributed by atoms with Gasteiger partial charge in [0.05, 0.1) is 0 Å². The van der Waals surface area contributed by atoms with Gasteiger partial charge in [-0.1, -0.05) is 196 Å². The first-order valence-electron chi connectivity index (χ1n) is 24.4. The van der Waals surface area contributed by atoms with Crippen LogP contribution in [0.2, 0.25) is 0 Å². The third kappa shape index (κ3) is 45.8. The van der Waals surface area contributed by atoms with E-state index in [0.717, 1.165) is 128 Å². The third-order valence-corrected chi connectivity index (χ3v) is 10.2. The fourth-order valence-corrected chi connectivity index (χ4v) is 6.53. The van der Waals surface area contributed by atoms with Crippen molar-refractivity contribution in [3.63, 3.8) is 0 Å². The largest absolute Gasteiger partial charge is 0.462 e. The lowest BCUT2D eigenvalue weighted by molar-refractivity contribution is -0.167. The molecule has 1 unspecified atom stereocenters. The number of allylic oxidation sites excluding steroid dienone is 12. The molecule has 0 aliphatic rings. The summed E-state index contributed by atoms with van der Waals surface area (Å²) in [5.41, 5.74) is 0. The molecule has 0 aromatic carbocycles. The van der Waals surface area contributed by atoms with Crippen molar-refractivity contribution in [2.45, 2.75) is 232 Å². The Labute approximate surface area is 363 Å². The Bertz CT molecular complexity index is 1130. The smallest absolute Gasteiger partial charge is 0.306 e. The van der Waals surface area contributed by atoms with Gasteiger partial charge in [-0.2, -0.15) is 0 Å². The van der Waals surface area contributed by atoms with E-state index in [-0.39, 0.29) is 31.1 Å². The van der Waals surface area contributed by atoms with Crippen molar-refractivity contribution in [3.8, 4) is 0 Å². The number of ether oxygens (including phenoxy) is 3. The predicted octanol–water partition coefficient (Wildman–Crippen LogP) is 15.9. The van der Waals surface area contributed by atoms with Gasteiger partial charge in [0.15, 0.2) is 6.10 Å². The molecule has 0 saturated carbocycles. The number of esters is 3. The lowest BCUT2D eigenvalue weighted by Gasteiger charge is -2.18. The van der Waals surface area contributed by atoms with Crippen molar-refractivity contribution in [1.29, 1.82) is 0 Å². The summed E-state index contributed by atoms with van der Waals surface area (Å²) >= 11 is 0. The Morgan fingerprint density at radius 3 is 1.10 bits per heavy atom. The summed E-state index contributed by atoms with van der Waals surface area (Å²) in [6.07, 6.45) is 58.8. The second kappa shape index (κ2) is 47.5. The summed E-state index contributed by atoms with van der Waals surface area (Å²) in [6, 6.07) is 0. The van der Waals surface area contributed by atoms with E-state index in [0.29, 0.717) is 19.3 Å². The number of rotatable bonds is 43. The summed E-state index contributed by atoms with van der Waals surface area (Å²) in [7, 11) is 0. The SMILES string of the molecule is CC/C=C\C/C=C\C/C=C\C/C=C\CCCCCCC(=O)OCC(COC(=O)CCCCCCCCCCCCC)OC(=O)CCCCCCC/C=C\C/C=C\CCC. The zero-order chi connectivity index (χ0) is 43.0. The van der Waals surface area contributed by atoms with E-state index >= 15 is 0 Å². The summed E-state index contributed by atoms with van der Waals surface area (Å²) in [4.78, 5) is 37.8. The molecule has 0 spiro atoms. The van der Waals surface area contributed by atoms with Crippen molar-refractivity contribution in [2.24, 2.45) is 0 Å². The molecule has 0 radical (unpaired) electrons. The van der Waals surface area contributed by atoms with E-state index in [1.54, 1.807) is 0 Å². The minimum absolute atomic E-state index is 0.0882. The van der Waals surface area contributed by atoms with Crippen molar-refractivity contribution in [2.75, 3.05) is 13.2 Å². The van der Waals surface area contributed by atoms with E-state index in [4.69, 9.17) is 14.2 Å². The summed E-state index contributed by atoms with van der Waals surface area (Å²) in [5, 5.41) is 0. The predicted molar refractivity (Wildman–Crippen MR) is 251 cm³/mol. The molecule has 0 N–H and O–H groups in total. The molecule has 0 saturated heterocycles. The minimum Gasteiger partial charge on any atom is -0.462 e. The van der Waals surface area contributed by atoms with Crippen LogP contribution in [0.1, 0.15) is 226 Å². The molecule has 6 nitrogen and oxygen atoms in total. The van der Waals surface area contributed by atoms with Gasteiger partial charge in [-0.3, -0.25) is 14.4 Å². The maximum absolute atomic E-state index is 12.7.